The van der Waals surface area contributed by atoms with Crippen LogP contribution >= 0.6 is 0 Å². The predicted octanol–water partition coefficient (Wildman–Crippen LogP) is 1.31. The maximum atomic E-state index is 11.5. The summed E-state index contributed by atoms with van der Waals surface area (Å²) in [5.74, 6) is -1.04. The van der Waals surface area contributed by atoms with Gasteiger partial charge >= 0.3 is 12.0 Å². The van der Waals surface area contributed by atoms with Crippen LogP contribution in [0.2, 0.25) is 0 Å². The molecule has 1 heterocycles. The van der Waals surface area contributed by atoms with E-state index in [1.807, 2.05) is 0 Å². The van der Waals surface area contributed by atoms with E-state index in [0.29, 0.717) is 0 Å². The Morgan fingerprint density at radius 1 is 1.46 bits per heavy atom. The van der Waals surface area contributed by atoms with Crippen LogP contribution in [0, 0.1) is 0 Å². The molecule has 7 heteroatoms. The number of rotatable bonds is 3. The molecule has 0 N–H and O–H groups in total. The Morgan fingerprint density at radius 3 is 2.62 bits per heavy atom. The summed E-state index contributed by atoms with van der Waals surface area (Å²) in [7, 11) is 0. The van der Waals surface area contributed by atoms with Crippen molar-refractivity contribution in [1.29, 1.82) is 0 Å². The van der Waals surface area contributed by atoms with E-state index in [2.05, 4.69) is 13.6 Å². The van der Waals surface area contributed by atoms with Crippen molar-refractivity contribution >= 4 is 0 Å². The summed E-state index contributed by atoms with van der Waals surface area (Å²) in [6.07, 6.45) is -3.48. The first-order valence-electron chi connectivity index (χ1n) is 3.19. The van der Waals surface area contributed by atoms with Crippen molar-refractivity contribution in [2.24, 2.45) is 0 Å². The van der Waals surface area contributed by atoms with Crippen molar-refractivity contribution in [2.45, 2.75) is 12.8 Å². The average Bonchev–Trinajstić information content (AvgIpc) is 2.33. The summed E-state index contributed by atoms with van der Waals surface area (Å²) >= 11 is 0. The molecule has 0 saturated heterocycles. The third kappa shape index (κ3) is 3.79. The zero-order valence-corrected chi connectivity index (χ0v) is 6.26. The first kappa shape index (κ1) is 9.85. The van der Waals surface area contributed by atoms with Crippen molar-refractivity contribution in [2.75, 3.05) is 6.61 Å². The minimum atomic E-state index is -4.38. The molecule has 4 nitrogen and oxygen atoms in total. The fourth-order valence-corrected chi connectivity index (χ4v) is 0.600. The van der Waals surface area contributed by atoms with Crippen LogP contribution < -0.4 is 5.82 Å². The lowest BCUT2D eigenvalue weighted by molar-refractivity contribution is -0.177. The number of ether oxygens (including phenoxy) is 1. The van der Waals surface area contributed by atoms with Crippen LogP contribution in [-0.2, 0) is 11.3 Å². The summed E-state index contributed by atoms with van der Waals surface area (Å²) in [6.45, 7) is -1.83. The molecular weight excluding hydrogens is 193 g/mol. The van der Waals surface area contributed by atoms with E-state index in [1.54, 1.807) is 0 Å². The summed E-state index contributed by atoms with van der Waals surface area (Å²) in [5.41, 5.74) is 0. The molecule has 0 spiro atoms. The fourth-order valence-electron chi connectivity index (χ4n) is 0.600. The lowest BCUT2D eigenvalue weighted by Gasteiger charge is -2.04. The molecule has 0 bridgehead atoms. The molecule has 0 aliphatic rings. The monoisotopic (exact) mass is 198 g/mol. The van der Waals surface area contributed by atoms with E-state index in [4.69, 9.17) is 0 Å². The van der Waals surface area contributed by atoms with Gasteiger partial charge in [0.2, 0.25) is 0 Å². The molecule has 1 aromatic heterocycles. The Kier molecular flexibility index (Phi) is 2.76. The Balaban J connectivity index is 2.32. The molecule has 0 aliphatic heterocycles. The van der Waals surface area contributed by atoms with Crippen LogP contribution in [0.15, 0.2) is 19.9 Å². The van der Waals surface area contributed by atoms with E-state index < -0.39 is 25.2 Å². The lowest BCUT2D eigenvalue weighted by atomic mass is 10.5. The van der Waals surface area contributed by atoms with Gasteiger partial charge in [-0.15, -0.1) is 0 Å². The molecule has 0 saturated carbocycles. The maximum absolute atomic E-state index is 11.5. The van der Waals surface area contributed by atoms with E-state index in [1.165, 1.54) is 0 Å². The smallest absolute Gasteiger partial charge is 0.399 e. The van der Waals surface area contributed by atoms with Crippen LogP contribution in [-0.4, -0.2) is 12.8 Å². The second kappa shape index (κ2) is 3.65. The molecule has 0 aliphatic carbocycles. The van der Waals surface area contributed by atoms with E-state index in [-0.39, 0.29) is 5.76 Å². The number of alkyl halides is 3. The third-order valence-corrected chi connectivity index (χ3v) is 1.01. The molecule has 1 rings (SSSR count). The minimum Gasteiger partial charge on any atom is -0.399 e. The zero-order valence-electron chi connectivity index (χ0n) is 6.26. The molecule has 0 unspecified atom stereocenters. The number of halogens is 3. The second-order valence-corrected chi connectivity index (χ2v) is 2.16. The molecule has 0 aromatic carbocycles. The Labute approximate surface area is 69.9 Å². The molecule has 0 amide bonds. The SMILES string of the molecule is O=c1occ(COCC(F)(F)F)o1. The summed E-state index contributed by atoms with van der Waals surface area (Å²) in [4.78, 5) is 10.2. The van der Waals surface area contributed by atoms with Crippen molar-refractivity contribution in [3.63, 3.8) is 0 Å². The summed E-state index contributed by atoms with van der Waals surface area (Å²) < 4.78 is 47.2. The van der Waals surface area contributed by atoms with E-state index in [9.17, 15) is 18.0 Å². The van der Waals surface area contributed by atoms with Gasteiger partial charge in [-0.25, -0.2) is 4.79 Å². The first-order valence-corrected chi connectivity index (χ1v) is 3.19. The first-order chi connectivity index (χ1) is 5.97. The van der Waals surface area contributed by atoms with E-state index >= 15 is 0 Å². The molecule has 0 fully saturated rings. The van der Waals surface area contributed by atoms with Crippen molar-refractivity contribution in [1.82, 2.24) is 0 Å². The molecule has 0 radical (unpaired) electrons. The molecule has 1 aromatic rings. The van der Waals surface area contributed by atoms with Gasteiger partial charge in [0.05, 0.1) is 0 Å². The molecular formula is C6H5F3O4. The highest BCUT2D eigenvalue weighted by molar-refractivity contribution is 4.81. The van der Waals surface area contributed by atoms with Crippen molar-refractivity contribution < 1.29 is 26.7 Å². The van der Waals surface area contributed by atoms with Crippen LogP contribution in [0.4, 0.5) is 13.2 Å². The van der Waals surface area contributed by atoms with Crippen molar-refractivity contribution in [3.05, 3.63) is 22.6 Å². The zero-order chi connectivity index (χ0) is 9.90. The van der Waals surface area contributed by atoms with Gasteiger partial charge in [0, 0.05) is 0 Å². The Morgan fingerprint density at radius 2 is 2.15 bits per heavy atom. The minimum absolute atomic E-state index is 0.0748. The highest BCUT2D eigenvalue weighted by Gasteiger charge is 2.27. The normalized spacial score (nSPS) is 11.9. The fraction of sp³-hybridized carbons (Fsp3) is 0.500. The van der Waals surface area contributed by atoms with Crippen LogP contribution in [0.25, 0.3) is 0 Å². The van der Waals surface area contributed by atoms with E-state index in [0.717, 1.165) is 6.26 Å². The highest BCUT2D eigenvalue weighted by atomic mass is 19.4. The quantitative estimate of drug-likeness (QED) is 0.734. The van der Waals surface area contributed by atoms with Gasteiger partial charge < -0.3 is 13.6 Å². The van der Waals surface area contributed by atoms with Gasteiger partial charge in [0.25, 0.3) is 0 Å². The van der Waals surface area contributed by atoms with Crippen LogP contribution in [0.5, 0.6) is 0 Å². The van der Waals surface area contributed by atoms with Crippen molar-refractivity contribution in [3.8, 4) is 0 Å². The Bertz CT molecular complexity index is 310. The molecule has 74 valence electrons. The van der Waals surface area contributed by atoms with Gasteiger partial charge in [0.15, 0.2) is 5.76 Å². The number of hydrogen-bond donors (Lipinski definition) is 0. The third-order valence-electron chi connectivity index (χ3n) is 1.01. The van der Waals surface area contributed by atoms with Gasteiger partial charge in [-0.2, -0.15) is 13.2 Å². The summed E-state index contributed by atoms with van der Waals surface area (Å²) in [6, 6.07) is 0. The molecule has 0 atom stereocenters. The van der Waals surface area contributed by atoms with Gasteiger partial charge in [0.1, 0.15) is 19.5 Å². The summed E-state index contributed by atoms with van der Waals surface area (Å²) in [5, 5.41) is 0. The second-order valence-electron chi connectivity index (χ2n) is 2.16. The largest absolute Gasteiger partial charge is 0.518 e. The standard InChI is InChI=1S/C6H5F3O4/c7-6(8,9)3-11-1-4-2-12-5(10)13-4/h2H,1,3H2. The lowest BCUT2D eigenvalue weighted by Crippen LogP contribution is -2.16. The van der Waals surface area contributed by atoms with Gasteiger partial charge in [-0.1, -0.05) is 0 Å². The average molecular weight is 198 g/mol. The van der Waals surface area contributed by atoms with Gasteiger partial charge in [-0.05, 0) is 0 Å². The maximum Gasteiger partial charge on any atom is 0.518 e. The van der Waals surface area contributed by atoms with Crippen LogP contribution in [0.1, 0.15) is 5.76 Å². The highest BCUT2D eigenvalue weighted by Crippen LogP contribution is 2.15. The topological polar surface area (TPSA) is 52.6 Å². The number of hydrogen-bond acceptors (Lipinski definition) is 4. The predicted molar refractivity (Wildman–Crippen MR) is 33.0 cm³/mol. The van der Waals surface area contributed by atoms with Gasteiger partial charge in [-0.3, -0.25) is 0 Å². The van der Waals surface area contributed by atoms with Crippen LogP contribution in [0.3, 0.4) is 0 Å². The Hall–Kier alpha value is -1.24. The molecule has 13 heavy (non-hydrogen) atoms.